The number of aryl methyl sites for hydroxylation is 1. The number of nitrogens with two attached hydrogens (primary N) is 1. The van der Waals surface area contributed by atoms with E-state index in [9.17, 15) is 5.26 Å². The Hall–Kier alpha value is -3.48. The third kappa shape index (κ3) is 3.60. The maximum atomic E-state index is 9.37. The minimum absolute atomic E-state index is 0.355. The third-order valence-electron chi connectivity index (χ3n) is 5.84. The van der Waals surface area contributed by atoms with Gasteiger partial charge in [-0.05, 0) is 31.0 Å². The van der Waals surface area contributed by atoms with E-state index in [1.807, 2.05) is 13.1 Å². The molecule has 0 saturated carbocycles. The Morgan fingerprint density at radius 2 is 1.94 bits per heavy atom. The molecule has 5 rings (SSSR count). The minimum Gasteiger partial charge on any atom is -0.438 e. The summed E-state index contributed by atoms with van der Waals surface area (Å²) in [4.78, 5) is 11.2. The van der Waals surface area contributed by atoms with Crippen molar-refractivity contribution >= 4 is 5.82 Å². The van der Waals surface area contributed by atoms with Crippen molar-refractivity contribution in [1.29, 1.82) is 5.26 Å². The molecule has 31 heavy (non-hydrogen) atoms. The van der Waals surface area contributed by atoms with E-state index in [1.54, 1.807) is 35.3 Å². The molecule has 9 nitrogen and oxygen atoms in total. The van der Waals surface area contributed by atoms with Crippen molar-refractivity contribution in [1.82, 2.24) is 19.7 Å². The average molecular weight is 417 g/mol. The van der Waals surface area contributed by atoms with Crippen molar-refractivity contribution in [2.45, 2.75) is 31.5 Å². The van der Waals surface area contributed by atoms with Gasteiger partial charge in [-0.3, -0.25) is 0 Å². The van der Waals surface area contributed by atoms with Crippen LogP contribution in [0, 0.1) is 11.3 Å². The van der Waals surface area contributed by atoms with Gasteiger partial charge in [0.25, 0.3) is 0 Å². The molecule has 158 valence electrons. The van der Waals surface area contributed by atoms with E-state index >= 15 is 0 Å². The van der Waals surface area contributed by atoms with E-state index in [0.717, 1.165) is 37.4 Å². The van der Waals surface area contributed by atoms with Gasteiger partial charge in [-0.2, -0.15) is 10.4 Å². The summed E-state index contributed by atoms with van der Waals surface area (Å²) >= 11 is 0. The van der Waals surface area contributed by atoms with Crippen molar-refractivity contribution in [3.63, 3.8) is 0 Å². The van der Waals surface area contributed by atoms with Crippen LogP contribution in [-0.4, -0.2) is 45.0 Å². The number of anilines is 1. The summed E-state index contributed by atoms with van der Waals surface area (Å²) in [5.41, 5.74) is 7.68. The number of rotatable bonds is 5. The van der Waals surface area contributed by atoms with Gasteiger partial charge in [-0.1, -0.05) is 0 Å². The zero-order chi connectivity index (χ0) is 21.4. The molecule has 2 aliphatic rings. The highest BCUT2D eigenvalue weighted by Crippen LogP contribution is 2.37. The lowest BCUT2D eigenvalue weighted by molar-refractivity contribution is 0.0901. The number of fused-ring (bicyclic) bond motifs is 2. The van der Waals surface area contributed by atoms with Gasteiger partial charge in [0.15, 0.2) is 11.6 Å². The first kappa shape index (κ1) is 19.5. The molecule has 3 aromatic rings. The number of nitriles is 1. The molecule has 2 aliphatic heterocycles. The molecule has 1 aromatic carbocycles. The summed E-state index contributed by atoms with van der Waals surface area (Å²) < 4.78 is 13.6. The second-order valence-electron chi connectivity index (χ2n) is 7.84. The van der Waals surface area contributed by atoms with Crippen LogP contribution >= 0.6 is 0 Å². The second-order valence-corrected chi connectivity index (χ2v) is 7.84. The quantitative estimate of drug-likeness (QED) is 0.673. The van der Waals surface area contributed by atoms with Gasteiger partial charge >= 0.3 is 0 Å². The molecule has 2 aromatic heterocycles. The van der Waals surface area contributed by atoms with Crippen LogP contribution in [0.25, 0.3) is 11.4 Å². The standard InChI is InChI=1S/C22H23N7O2/c1-28-21(7-20(27-28)29-16-3-4-17(29)13-30-12-16)31-19-6-14(8-23)2-5-18(19)22-25-10-15(9-24)11-26-22/h2,5-7,10-11,16-17H,3-4,9,12-13,24H2,1H3. The zero-order valence-corrected chi connectivity index (χ0v) is 17.2. The summed E-state index contributed by atoms with van der Waals surface area (Å²) in [7, 11) is 1.85. The summed E-state index contributed by atoms with van der Waals surface area (Å²) in [6, 6.07) is 10.0. The minimum atomic E-state index is 0.355. The molecular weight excluding hydrogens is 394 g/mol. The highest BCUT2D eigenvalue weighted by molar-refractivity contribution is 5.66. The van der Waals surface area contributed by atoms with E-state index in [-0.39, 0.29) is 0 Å². The highest BCUT2D eigenvalue weighted by Gasteiger charge is 2.39. The average Bonchev–Trinajstić information content (AvgIpc) is 3.28. The molecule has 2 saturated heterocycles. The normalized spacial score (nSPS) is 20.0. The van der Waals surface area contributed by atoms with Crippen LogP contribution in [0.5, 0.6) is 11.6 Å². The van der Waals surface area contributed by atoms with Crippen LogP contribution in [-0.2, 0) is 18.3 Å². The molecule has 4 heterocycles. The fraction of sp³-hybridized carbons (Fsp3) is 0.364. The molecule has 2 bridgehead atoms. The lowest BCUT2D eigenvalue weighted by Gasteiger charge is -2.34. The Bertz CT molecular complexity index is 1120. The van der Waals surface area contributed by atoms with Crippen LogP contribution < -0.4 is 15.4 Å². The van der Waals surface area contributed by atoms with Crippen LogP contribution in [0.1, 0.15) is 24.0 Å². The maximum Gasteiger partial charge on any atom is 0.219 e. The highest BCUT2D eigenvalue weighted by atomic mass is 16.5. The Labute approximate surface area is 180 Å². The number of morpholine rings is 1. The lowest BCUT2D eigenvalue weighted by Crippen LogP contribution is -2.46. The Balaban J connectivity index is 1.48. The van der Waals surface area contributed by atoms with Gasteiger partial charge in [0.1, 0.15) is 5.75 Å². The Morgan fingerprint density at radius 1 is 1.19 bits per heavy atom. The third-order valence-corrected chi connectivity index (χ3v) is 5.84. The zero-order valence-electron chi connectivity index (χ0n) is 17.2. The smallest absolute Gasteiger partial charge is 0.219 e. The van der Waals surface area contributed by atoms with Crippen LogP contribution in [0.3, 0.4) is 0 Å². The van der Waals surface area contributed by atoms with Crippen molar-refractivity contribution in [3.8, 4) is 29.1 Å². The predicted molar refractivity (Wildman–Crippen MR) is 113 cm³/mol. The number of nitrogens with zero attached hydrogens (tertiary/aromatic N) is 6. The van der Waals surface area contributed by atoms with Crippen molar-refractivity contribution < 1.29 is 9.47 Å². The molecule has 2 fully saturated rings. The van der Waals surface area contributed by atoms with Crippen molar-refractivity contribution in [2.24, 2.45) is 12.8 Å². The number of benzene rings is 1. The molecule has 0 spiro atoms. The van der Waals surface area contributed by atoms with E-state index in [2.05, 4.69) is 20.9 Å². The summed E-state index contributed by atoms with van der Waals surface area (Å²) in [6.07, 6.45) is 5.62. The molecule has 2 unspecified atom stereocenters. The number of hydrogen-bond donors (Lipinski definition) is 1. The van der Waals surface area contributed by atoms with Crippen molar-refractivity contribution in [2.75, 3.05) is 18.1 Å². The van der Waals surface area contributed by atoms with Gasteiger partial charge in [0, 0.05) is 37.6 Å². The first-order valence-electron chi connectivity index (χ1n) is 10.3. The first-order chi connectivity index (χ1) is 15.2. The topological polar surface area (TPSA) is 115 Å². The maximum absolute atomic E-state index is 9.37. The van der Waals surface area contributed by atoms with Crippen molar-refractivity contribution in [3.05, 3.63) is 47.8 Å². The molecule has 2 atom stereocenters. The number of hydrogen-bond acceptors (Lipinski definition) is 8. The second kappa shape index (κ2) is 7.98. The number of ether oxygens (including phenoxy) is 2. The van der Waals surface area contributed by atoms with E-state index in [4.69, 9.17) is 20.3 Å². The Kier molecular flexibility index (Phi) is 5.02. The van der Waals surface area contributed by atoms with Crippen LogP contribution in [0.15, 0.2) is 36.7 Å². The molecular formula is C22H23N7O2. The summed E-state index contributed by atoms with van der Waals surface area (Å²) in [5, 5.41) is 14.1. The molecule has 0 radical (unpaired) electrons. The summed E-state index contributed by atoms with van der Waals surface area (Å²) in [6.45, 7) is 1.83. The monoisotopic (exact) mass is 417 g/mol. The SMILES string of the molecule is Cn1nc(N2C3CCC2COC3)cc1Oc1cc(C#N)ccc1-c1ncc(CN)cn1. The fourth-order valence-electron chi connectivity index (χ4n) is 4.23. The van der Waals surface area contributed by atoms with E-state index in [0.29, 0.717) is 47.2 Å². The van der Waals surface area contributed by atoms with Gasteiger partial charge in [0.2, 0.25) is 5.88 Å². The molecule has 9 heteroatoms. The van der Waals surface area contributed by atoms with Crippen LogP contribution in [0.2, 0.25) is 0 Å². The lowest BCUT2D eigenvalue weighted by atomic mass is 10.1. The van der Waals surface area contributed by atoms with Gasteiger partial charge < -0.3 is 20.1 Å². The van der Waals surface area contributed by atoms with E-state index in [1.165, 1.54) is 0 Å². The molecule has 0 amide bonds. The van der Waals surface area contributed by atoms with Gasteiger partial charge in [-0.25, -0.2) is 14.6 Å². The largest absolute Gasteiger partial charge is 0.438 e. The summed E-state index contributed by atoms with van der Waals surface area (Å²) in [5.74, 6) is 2.47. The van der Waals surface area contributed by atoms with E-state index < -0.39 is 0 Å². The first-order valence-corrected chi connectivity index (χ1v) is 10.3. The fourth-order valence-corrected chi connectivity index (χ4v) is 4.23. The molecule has 2 N–H and O–H groups in total. The number of aromatic nitrogens is 4. The van der Waals surface area contributed by atoms with Gasteiger partial charge in [-0.15, -0.1) is 0 Å². The molecule has 0 aliphatic carbocycles. The predicted octanol–water partition coefficient (Wildman–Crippen LogP) is 2.37. The Morgan fingerprint density at radius 3 is 2.61 bits per heavy atom. The van der Waals surface area contributed by atoms with Crippen LogP contribution in [0.4, 0.5) is 5.82 Å². The van der Waals surface area contributed by atoms with Gasteiger partial charge in [0.05, 0.1) is 42.5 Å².